The fourth-order valence-electron chi connectivity index (χ4n) is 1.08. The molecule has 0 saturated carbocycles. The van der Waals surface area contributed by atoms with E-state index in [1.54, 1.807) is 33.1 Å². The van der Waals surface area contributed by atoms with Gasteiger partial charge in [0.1, 0.15) is 0 Å². The summed E-state index contributed by atoms with van der Waals surface area (Å²) in [6.45, 7) is 0.662. The molecular weight excluding hydrogens is 320 g/mol. The Morgan fingerprint density at radius 3 is 2.53 bits per heavy atom. The van der Waals surface area contributed by atoms with Crippen molar-refractivity contribution in [1.29, 1.82) is 0 Å². The van der Waals surface area contributed by atoms with Crippen LogP contribution in [0.25, 0.3) is 0 Å². The lowest BCUT2D eigenvalue weighted by Gasteiger charge is -2.03. The van der Waals surface area contributed by atoms with Crippen LogP contribution in [-0.4, -0.2) is 24.1 Å². The van der Waals surface area contributed by atoms with Crippen LogP contribution in [0, 0.1) is 0 Å². The smallest absolute Gasteiger partial charge is 0.217 e. The van der Waals surface area contributed by atoms with E-state index in [0.29, 0.717) is 6.54 Å². The Morgan fingerprint density at radius 1 is 1.24 bits per heavy atom. The van der Waals surface area contributed by atoms with Crippen LogP contribution in [0.15, 0.2) is 29.5 Å². The summed E-state index contributed by atoms with van der Waals surface area (Å²) in [7, 11) is 7.22. The van der Waals surface area contributed by atoms with Crippen LogP contribution >= 0.6 is 37.7 Å². The molecule has 0 aromatic carbocycles. The maximum Gasteiger partial charge on any atom is 0.217 e. The summed E-state index contributed by atoms with van der Waals surface area (Å²) in [5.41, 5.74) is 1.15. The number of rotatable bonds is 3. The van der Waals surface area contributed by atoms with Gasteiger partial charge < -0.3 is 4.90 Å². The second-order valence-electron chi connectivity index (χ2n) is 3.41. The zero-order valence-electron chi connectivity index (χ0n) is 9.53. The zero-order chi connectivity index (χ0) is 11.4. The summed E-state index contributed by atoms with van der Waals surface area (Å²) < 4.78 is 0. The number of nitrogens with zero attached hydrogens (tertiary/aromatic N) is 4. The molecule has 2 aromatic heterocycles. The van der Waals surface area contributed by atoms with E-state index in [1.165, 1.54) is 0 Å². The lowest BCUT2D eigenvalue weighted by molar-refractivity contribution is 0.978. The molecule has 0 spiro atoms. The van der Waals surface area contributed by atoms with Crippen molar-refractivity contribution in [3.8, 4) is 0 Å². The SMILES string of the molecule is Br.CN(C)c1n/c(=N\Cc2ccncc2)ss1. The fraction of sp³-hybridized carbons (Fsp3) is 0.300. The highest BCUT2D eigenvalue weighted by atomic mass is 79.9. The average Bonchev–Trinajstić information content (AvgIpc) is 2.76. The monoisotopic (exact) mass is 332 g/mol. The topological polar surface area (TPSA) is 41.4 Å². The molecule has 7 heteroatoms. The Labute approximate surface area is 118 Å². The zero-order valence-corrected chi connectivity index (χ0v) is 12.9. The Kier molecular flexibility index (Phi) is 5.73. The normalized spacial score (nSPS) is 11.1. The maximum atomic E-state index is 4.44. The van der Waals surface area contributed by atoms with Crippen LogP contribution in [0.1, 0.15) is 5.56 Å². The number of hydrogen-bond acceptors (Lipinski definition) is 6. The Hall–Kier alpha value is -0.790. The molecule has 0 aliphatic heterocycles. The highest BCUT2D eigenvalue weighted by Gasteiger charge is 1.99. The van der Waals surface area contributed by atoms with E-state index in [9.17, 15) is 0 Å². The molecule has 2 aromatic rings. The average molecular weight is 333 g/mol. The summed E-state index contributed by atoms with van der Waals surface area (Å²) >= 11 is 0. The Bertz CT molecular complexity index is 506. The van der Waals surface area contributed by atoms with Gasteiger partial charge in [-0.05, 0) is 38.4 Å². The molecule has 0 N–H and O–H groups in total. The standard InChI is InChI=1S/C10H12N4S2.BrH/c1-14(2)10-13-9(15-16-10)12-7-8-3-5-11-6-4-8;/h3-6H,7H2,1-2H3;1H/b12-9+;. The Balaban J connectivity index is 0.00000144. The van der Waals surface area contributed by atoms with E-state index in [-0.39, 0.29) is 17.0 Å². The first-order chi connectivity index (χ1) is 7.75. The van der Waals surface area contributed by atoms with Crippen molar-refractivity contribution >= 4 is 42.8 Å². The predicted octanol–water partition coefficient (Wildman–Crippen LogP) is 2.34. The minimum atomic E-state index is 0. The van der Waals surface area contributed by atoms with Crippen molar-refractivity contribution in [3.63, 3.8) is 0 Å². The quantitative estimate of drug-likeness (QED) is 0.810. The molecular formula is C10H13BrN4S2. The van der Waals surface area contributed by atoms with Gasteiger partial charge in [-0.15, -0.1) is 17.0 Å². The van der Waals surface area contributed by atoms with Crippen molar-refractivity contribution in [2.75, 3.05) is 19.0 Å². The highest BCUT2D eigenvalue weighted by molar-refractivity contribution is 8.93. The van der Waals surface area contributed by atoms with Crippen LogP contribution in [0.3, 0.4) is 0 Å². The first-order valence-electron chi connectivity index (χ1n) is 4.79. The third-order valence-electron chi connectivity index (χ3n) is 1.91. The number of hydrogen-bond donors (Lipinski definition) is 0. The third-order valence-corrected chi connectivity index (χ3v) is 4.11. The summed E-state index contributed by atoms with van der Waals surface area (Å²) in [6.07, 6.45) is 3.56. The van der Waals surface area contributed by atoms with Crippen molar-refractivity contribution in [3.05, 3.63) is 34.9 Å². The van der Waals surface area contributed by atoms with Crippen LogP contribution < -0.4 is 9.70 Å². The molecule has 0 aliphatic rings. The van der Waals surface area contributed by atoms with Crippen molar-refractivity contribution in [2.45, 2.75) is 6.54 Å². The third kappa shape index (κ3) is 4.18. The lowest BCUT2D eigenvalue weighted by Crippen LogP contribution is -2.10. The molecule has 2 heterocycles. The maximum absolute atomic E-state index is 4.44. The molecule has 0 saturated heterocycles. The van der Waals surface area contributed by atoms with E-state index in [1.807, 2.05) is 31.1 Å². The molecule has 0 radical (unpaired) electrons. The van der Waals surface area contributed by atoms with Gasteiger partial charge in [0, 0.05) is 26.5 Å². The van der Waals surface area contributed by atoms with Crippen LogP contribution in [0.4, 0.5) is 5.13 Å². The summed E-state index contributed by atoms with van der Waals surface area (Å²) in [6, 6.07) is 3.93. The van der Waals surface area contributed by atoms with Crippen molar-refractivity contribution in [1.82, 2.24) is 9.97 Å². The second-order valence-corrected chi connectivity index (χ2v) is 5.47. The first-order valence-corrected chi connectivity index (χ1v) is 6.94. The van der Waals surface area contributed by atoms with E-state index in [2.05, 4.69) is 15.0 Å². The van der Waals surface area contributed by atoms with Crippen LogP contribution in [0.5, 0.6) is 0 Å². The molecule has 0 unspecified atom stereocenters. The summed E-state index contributed by atoms with van der Waals surface area (Å²) in [5.74, 6) is 0. The van der Waals surface area contributed by atoms with Crippen LogP contribution in [-0.2, 0) is 6.54 Å². The van der Waals surface area contributed by atoms with Gasteiger partial charge in [0.15, 0.2) is 5.13 Å². The molecule has 0 fully saturated rings. The molecule has 0 aliphatic carbocycles. The molecule has 17 heavy (non-hydrogen) atoms. The second kappa shape index (κ2) is 6.83. The number of pyridine rings is 1. The van der Waals surface area contributed by atoms with E-state index < -0.39 is 0 Å². The number of halogens is 1. The number of aromatic nitrogens is 2. The minimum Gasteiger partial charge on any atom is -0.353 e. The van der Waals surface area contributed by atoms with Crippen molar-refractivity contribution < 1.29 is 0 Å². The largest absolute Gasteiger partial charge is 0.353 e. The van der Waals surface area contributed by atoms with Gasteiger partial charge in [-0.1, -0.05) is 0 Å². The number of anilines is 1. The van der Waals surface area contributed by atoms with Gasteiger partial charge in [-0.25, -0.2) is 0 Å². The minimum absolute atomic E-state index is 0. The highest BCUT2D eigenvalue weighted by Crippen LogP contribution is 2.15. The van der Waals surface area contributed by atoms with E-state index >= 15 is 0 Å². The van der Waals surface area contributed by atoms with Gasteiger partial charge in [-0.3, -0.25) is 9.98 Å². The summed E-state index contributed by atoms with van der Waals surface area (Å²) in [4.78, 5) is 15.6. The molecule has 0 atom stereocenters. The first kappa shape index (κ1) is 14.3. The fourth-order valence-corrected chi connectivity index (χ4v) is 3.07. The molecule has 2 rings (SSSR count). The molecule has 0 bridgehead atoms. The van der Waals surface area contributed by atoms with Gasteiger partial charge in [0.05, 0.1) is 6.54 Å². The molecule has 4 nitrogen and oxygen atoms in total. The molecule has 0 amide bonds. The van der Waals surface area contributed by atoms with Crippen molar-refractivity contribution in [2.24, 2.45) is 4.99 Å². The lowest BCUT2D eigenvalue weighted by atomic mass is 10.3. The van der Waals surface area contributed by atoms with E-state index in [0.717, 1.165) is 15.5 Å². The van der Waals surface area contributed by atoms with Gasteiger partial charge in [0.2, 0.25) is 4.80 Å². The van der Waals surface area contributed by atoms with E-state index in [4.69, 9.17) is 0 Å². The Morgan fingerprint density at radius 2 is 1.94 bits per heavy atom. The molecule has 92 valence electrons. The summed E-state index contributed by atoms with van der Waals surface area (Å²) in [5, 5.41) is 0.999. The van der Waals surface area contributed by atoms with Crippen LogP contribution in [0.2, 0.25) is 0 Å². The van der Waals surface area contributed by atoms with Gasteiger partial charge >= 0.3 is 0 Å². The van der Waals surface area contributed by atoms with Gasteiger partial charge in [-0.2, -0.15) is 4.98 Å². The predicted molar refractivity (Wildman–Crippen MR) is 78.1 cm³/mol. The van der Waals surface area contributed by atoms with Gasteiger partial charge in [0.25, 0.3) is 0 Å².